The summed E-state index contributed by atoms with van der Waals surface area (Å²) in [6.45, 7) is 5.60. The normalized spacial score (nSPS) is 14.8. The summed E-state index contributed by atoms with van der Waals surface area (Å²) in [5.41, 5.74) is 2.07. The Morgan fingerprint density at radius 3 is 2.69 bits per heavy atom. The first-order valence-corrected chi connectivity index (χ1v) is 9.37. The highest BCUT2D eigenvalue weighted by Crippen LogP contribution is 2.17. The lowest BCUT2D eigenvalue weighted by Crippen LogP contribution is -2.35. The number of hydrogen-bond acceptors (Lipinski definition) is 6. The van der Waals surface area contributed by atoms with Crippen LogP contribution < -0.4 is 10.6 Å². The van der Waals surface area contributed by atoms with E-state index in [1.54, 1.807) is 35.6 Å². The van der Waals surface area contributed by atoms with Crippen molar-refractivity contribution < 1.29 is 14.3 Å². The topological polar surface area (TPSA) is 83.6 Å². The highest BCUT2D eigenvalue weighted by Gasteiger charge is 2.14. The first kappa shape index (κ1) is 18.5. The van der Waals surface area contributed by atoms with Gasteiger partial charge < -0.3 is 15.4 Å². The van der Waals surface area contributed by atoms with Gasteiger partial charge in [-0.15, -0.1) is 11.3 Å². The molecule has 26 heavy (non-hydrogen) atoms. The van der Waals surface area contributed by atoms with Gasteiger partial charge in [0.15, 0.2) is 0 Å². The van der Waals surface area contributed by atoms with E-state index < -0.39 is 0 Å². The number of aromatic nitrogens is 1. The molecule has 3 rings (SSSR count). The van der Waals surface area contributed by atoms with Crippen molar-refractivity contribution in [3.8, 4) is 0 Å². The van der Waals surface area contributed by atoms with Gasteiger partial charge in [0.2, 0.25) is 11.8 Å². The minimum Gasteiger partial charge on any atom is -0.379 e. The van der Waals surface area contributed by atoms with Crippen LogP contribution >= 0.6 is 11.3 Å². The molecule has 2 N–H and O–H groups in total. The van der Waals surface area contributed by atoms with Gasteiger partial charge in [-0.1, -0.05) is 6.07 Å². The minimum absolute atomic E-state index is 0.131. The Kier molecular flexibility index (Phi) is 6.32. The zero-order valence-corrected chi connectivity index (χ0v) is 15.5. The maximum Gasteiger partial charge on any atom is 0.230 e. The maximum atomic E-state index is 12.3. The molecule has 0 radical (unpaired) electrons. The number of anilines is 2. The number of morpholine rings is 1. The zero-order valence-electron chi connectivity index (χ0n) is 14.7. The van der Waals surface area contributed by atoms with Crippen LogP contribution in [0.5, 0.6) is 0 Å². The van der Waals surface area contributed by atoms with Crippen LogP contribution in [0.4, 0.5) is 11.4 Å². The molecule has 1 aliphatic heterocycles. The Morgan fingerprint density at radius 1 is 1.23 bits per heavy atom. The number of ether oxygens (including phenoxy) is 1. The molecule has 0 unspecified atom stereocenters. The Bertz CT molecular complexity index is 771. The summed E-state index contributed by atoms with van der Waals surface area (Å²) in [5, 5.41) is 8.49. The molecule has 8 heteroatoms. The third kappa shape index (κ3) is 5.62. The van der Waals surface area contributed by atoms with E-state index in [0.717, 1.165) is 43.5 Å². The van der Waals surface area contributed by atoms with Crippen LogP contribution in [0.25, 0.3) is 0 Å². The summed E-state index contributed by atoms with van der Waals surface area (Å²) in [6.07, 6.45) is 0.226. The molecule has 1 aromatic carbocycles. The SMILES string of the molecule is CC(=O)Nc1cccc(NC(=O)Cc2csc(CN3CCOCC3)n2)c1. The lowest BCUT2D eigenvalue weighted by atomic mass is 10.2. The fourth-order valence-electron chi connectivity index (χ4n) is 2.70. The highest BCUT2D eigenvalue weighted by molar-refractivity contribution is 7.09. The number of hydrogen-bond donors (Lipinski definition) is 2. The monoisotopic (exact) mass is 374 g/mol. The smallest absolute Gasteiger partial charge is 0.230 e. The summed E-state index contributed by atoms with van der Waals surface area (Å²) >= 11 is 1.58. The first-order valence-electron chi connectivity index (χ1n) is 8.49. The van der Waals surface area contributed by atoms with Gasteiger partial charge in [0.05, 0.1) is 31.9 Å². The van der Waals surface area contributed by atoms with Crippen LogP contribution in [0.2, 0.25) is 0 Å². The summed E-state index contributed by atoms with van der Waals surface area (Å²) in [6, 6.07) is 7.07. The zero-order chi connectivity index (χ0) is 18.4. The molecular weight excluding hydrogens is 352 g/mol. The van der Waals surface area contributed by atoms with E-state index in [1.165, 1.54) is 6.92 Å². The molecule has 0 atom stereocenters. The van der Waals surface area contributed by atoms with Crippen molar-refractivity contribution in [2.24, 2.45) is 0 Å². The van der Waals surface area contributed by atoms with Crippen LogP contribution in [0.3, 0.4) is 0 Å². The van der Waals surface area contributed by atoms with Gasteiger partial charge in [0.1, 0.15) is 5.01 Å². The van der Waals surface area contributed by atoms with Gasteiger partial charge in [0, 0.05) is 36.8 Å². The van der Waals surface area contributed by atoms with E-state index in [-0.39, 0.29) is 18.2 Å². The van der Waals surface area contributed by atoms with E-state index in [0.29, 0.717) is 11.4 Å². The molecule has 1 aliphatic rings. The fraction of sp³-hybridized carbons (Fsp3) is 0.389. The molecule has 1 saturated heterocycles. The molecule has 1 fully saturated rings. The van der Waals surface area contributed by atoms with Crippen LogP contribution in [0, 0.1) is 0 Å². The van der Waals surface area contributed by atoms with Crippen LogP contribution in [-0.2, 0) is 27.3 Å². The number of thiazole rings is 1. The highest BCUT2D eigenvalue weighted by atomic mass is 32.1. The molecule has 0 bridgehead atoms. The number of rotatable bonds is 6. The van der Waals surface area contributed by atoms with Gasteiger partial charge in [-0.05, 0) is 18.2 Å². The van der Waals surface area contributed by atoms with E-state index in [1.807, 2.05) is 5.38 Å². The second-order valence-electron chi connectivity index (χ2n) is 6.11. The Morgan fingerprint density at radius 2 is 1.96 bits per heavy atom. The number of nitrogens with one attached hydrogen (secondary N) is 2. The summed E-state index contributed by atoms with van der Waals surface area (Å²) < 4.78 is 5.35. The molecule has 2 aromatic rings. The van der Waals surface area contributed by atoms with Crippen molar-refractivity contribution in [2.75, 3.05) is 36.9 Å². The van der Waals surface area contributed by atoms with E-state index in [2.05, 4.69) is 20.5 Å². The van der Waals surface area contributed by atoms with E-state index in [4.69, 9.17) is 4.74 Å². The van der Waals surface area contributed by atoms with Crippen molar-refractivity contribution in [1.29, 1.82) is 0 Å². The molecule has 0 spiro atoms. The van der Waals surface area contributed by atoms with Crippen LogP contribution in [0.15, 0.2) is 29.6 Å². The fourth-order valence-corrected chi connectivity index (χ4v) is 3.54. The van der Waals surface area contributed by atoms with Crippen molar-refractivity contribution in [3.63, 3.8) is 0 Å². The molecule has 0 aliphatic carbocycles. The molecule has 138 valence electrons. The summed E-state index contributed by atoms with van der Waals surface area (Å²) in [5.74, 6) is -0.281. The van der Waals surface area contributed by atoms with Gasteiger partial charge in [-0.3, -0.25) is 14.5 Å². The van der Waals surface area contributed by atoms with Gasteiger partial charge >= 0.3 is 0 Å². The average Bonchev–Trinajstić information content (AvgIpc) is 3.02. The second-order valence-corrected chi connectivity index (χ2v) is 7.05. The molecule has 2 amide bonds. The molecule has 0 saturated carbocycles. The predicted molar refractivity (Wildman–Crippen MR) is 101 cm³/mol. The van der Waals surface area contributed by atoms with Crippen molar-refractivity contribution in [3.05, 3.63) is 40.3 Å². The van der Waals surface area contributed by atoms with Crippen molar-refractivity contribution >= 4 is 34.5 Å². The summed E-state index contributed by atoms with van der Waals surface area (Å²) in [7, 11) is 0. The first-order chi connectivity index (χ1) is 12.6. The standard InChI is InChI=1S/C18H22N4O3S/c1-13(23)19-14-3-2-4-15(9-14)20-17(24)10-16-12-26-18(21-16)11-22-5-7-25-8-6-22/h2-4,9,12H,5-8,10-11H2,1H3,(H,19,23)(H,20,24). The number of nitrogens with zero attached hydrogens (tertiary/aromatic N) is 2. The number of carbonyl (C=O) groups is 2. The number of carbonyl (C=O) groups excluding carboxylic acids is 2. The van der Waals surface area contributed by atoms with Crippen LogP contribution in [0.1, 0.15) is 17.6 Å². The molecule has 7 nitrogen and oxygen atoms in total. The van der Waals surface area contributed by atoms with Crippen molar-refractivity contribution in [1.82, 2.24) is 9.88 Å². The van der Waals surface area contributed by atoms with Crippen LogP contribution in [-0.4, -0.2) is 48.0 Å². The maximum absolute atomic E-state index is 12.3. The second kappa shape index (κ2) is 8.88. The number of benzene rings is 1. The third-order valence-corrected chi connectivity index (χ3v) is 4.75. The largest absolute Gasteiger partial charge is 0.379 e. The minimum atomic E-state index is -0.149. The molecular formula is C18H22N4O3S. The van der Waals surface area contributed by atoms with E-state index in [9.17, 15) is 9.59 Å². The Labute approximate surface area is 156 Å². The quantitative estimate of drug-likeness (QED) is 0.809. The van der Waals surface area contributed by atoms with Gasteiger partial charge in [0.25, 0.3) is 0 Å². The average molecular weight is 374 g/mol. The predicted octanol–water partition coefficient (Wildman–Crippen LogP) is 2.11. The lowest BCUT2D eigenvalue weighted by Gasteiger charge is -2.25. The Hall–Kier alpha value is -2.29. The lowest BCUT2D eigenvalue weighted by molar-refractivity contribution is -0.116. The van der Waals surface area contributed by atoms with Crippen molar-refractivity contribution in [2.45, 2.75) is 19.9 Å². The number of amides is 2. The third-order valence-electron chi connectivity index (χ3n) is 3.87. The van der Waals surface area contributed by atoms with E-state index >= 15 is 0 Å². The Balaban J connectivity index is 1.52. The van der Waals surface area contributed by atoms with Gasteiger partial charge in [-0.25, -0.2) is 4.98 Å². The molecule has 2 heterocycles. The molecule has 1 aromatic heterocycles. The summed E-state index contributed by atoms with van der Waals surface area (Å²) in [4.78, 5) is 30.2. The van der Waals surface area contributed by atoms with Gasteiger partial charge in [-0.2, -0.15) is 0 Å².